The molecule has 0 radical (unpaired) electrons. The average molecular weight is 376 g/mol. The van der Waals surface area contributed by atoms with E-state index in [0.29, 0.717) is 24.1 Å². The molecule has 0 unspecified atom stereocenters. The molecule has 140 valence electrons. The van der Waals surface area contributed by atoms with E-state index in [1.54, 1.807) is 11.6 Å². The molecule has 3 aromatic heterocycles. The Morgan fingerprint density at radius 2 is 1.89 bits per heavy atom. The van der Waals surface area contributed by atoms with E-state index >= 15 is 0 Å². The molecule has 0 aliphatic carbocycles. The molecule has 0 saturated carbocycles. The summed E-state index contributed by atoms with van der Waals surface area (Å²) in [6.07, 6.45) is 8.83. The number of hydrogen-bond acceptors (Lipinski definition) is 6. The zero-order valence-electron chi connectivity index (χ0n) is 15.1. The predicted molar refractivity (Wildman–Crippen MR) is 101 cm³/mol. The van der Waals surface area contributed by atoms with E-state index in [9.17, 15) is 9.59 Å². The first-order valence-corrected chi connectivity index (χ1v) is 8.54. The highest BCUT2D eigenvalue weighted by molar-refractivity contribution is 5.68. The molecule has 0 saturated heterocycles. The van der Waals surface area contributed by atoms with Gasteiger partial charge in [-0.15, -0.1) is 11.5 Å². The van der Waals surface area contributed by atoms with Gasteiger partial charge in [-0.25, -0.2) is 14.8 Å². The van der Waals surface area contributed by atoms with Crippen LogP contribution in [0, 0.1) is 12.3 Å². The third kappa shape index (κ3) is 3.23. The van der Waals surface area contributed by atoms with E-state index in [1.165, 1.54) is 21.9 Å². The standard InChI is InChI=1S/C19H16N6O3/c1-3-13-4-6-14(7-5-13)8-9-25-19(27)28-15(22-25)10-24-12-21-17-16(18(24)26)23(2)11-20-17/h1,4-7,11-12H,8-10H2,2H3. The van der Waals surface area contributed by atoms with E-state index in [1.807, 2.05) is 24.3 Å². The van der Waals surface area contributed by atoms with Gasteiger partial charge >= 0.3 is 5.76 Å². The first kappa shape index (κ1) is 17.5. The van der Waals surface area contributed by atoms with Crippen molar-refractivity contribution in [2.75, 3.05) is 0 Å². The van der Waals surface area contributed by atoms with Crippen LogP contribution in [0.4, 0.5) is 0 Å². The zero-order valence-corrected chi connectivity index (χ0v) is 15.1. The van der Waals surface area contributed by atoms with Crippen LogP contribution in [0.5, 0.6) is 0 Å². The molecule has 0 bridgehead atoms. The Kier molecular flexibility index (Phi) is 4.37. The molecule has 9 nitrogen and oxygen atoms in total. The number of aromatic nitrogens is 6. The van der Waals surface area contributed by atoms with Crippen molar-refractivity contribution in [3.05, 3.63) is 74.8 Å². The molecular weight excluding hydrogens is 360 g/mol. The lowest BCUT2D eigenvalue weighted by Gasteiger charge is -2.02. The largest absolute Gasteiger partial charge is 0.437 e. The lowest BCUT2D eigenvalue weighted by atomic mass is 10.1. The number of fused-ring (bicyclic) bond motifs is 1. The van der Waals surface area contributed by atoms with Gasteiger partial charge in [-0.2, -0.15) is 4.68 Å². The van der Waals surface area contributed by atoms with E-state index in [-0.39, 0.29) is 18.0 Å². The van der Waals surface area contributed by atoms with Crippen molar-refractivity contribution in [3.63, 3.8) is 0 Å². The van der Waals surface area contributed by atoms with Gasteiger partial charge in [0.05, 0.1) is 12.9 Å². The van der Waals surface area contributed by atoms with Gasteiger partial charge in [0.25, 0.3) is 5.56 Å². The topological polar surface area (TPSA) is 101 Å². The van der Waals surface area contributed by atoms with Crippen molar-refractivity contribution >= 4 is 11.2 Å². The third-order valence-corrected chi connectivity index (χ3v) is 4.39. The Morgan fingerprint density at radius 1 is 1.14 bits per heavy atom. The fourth-order valence-electron chi connectivity index (χ4n) is 2.89. The number of benzene rings is 1. The zero-order chi connectivity index (χ0) is 19.7. The van der Waals surface area contributed by atoms with Gasteiger partial charge in [-0.1, -0.05) is 18.1 Å². The summed E-state index contributed by atoms with van der Waals surface area (Å²) in [5.74, 6) is 2.13. The molecule has 0 aliphatic rings. The molecular formula is C19H16N6O3. The quantitative estimate of drug-likeness (QED) is 0.472. The van der Waals surface area contributed by atoms with Crippen LogP contribution in [0.3, 0.4) is 0 Å². The number of imidazole rings is 1. The number of aryl methyl sites for hydroxylation is 3. The SMILES string of the molecule is C#Cc1ccc(CCn2nc(Cn3cnc4ncn(C)c4c3=O)oc2=O)cc1. The summed E-state index contributed by atoms with van der Waals surface area (Å²) in [4.78, 5) is 32.8. The average Bonchev–Trinajstić information content (AvgIpc) is 3.25. The second kappa shape index (κ2) is 7.00. The van der Waals surface area contributed by atoms with Gasteiger partial charge in [0.15, 0.2) is 11.2 Å². The lowest BCUT2D eigenvalue weighted by Crippen LogP contribution is -2.22. The summed E-state index contributed by atoms with van der Waals surface area (Å²) in [7, 11) is 1.72. The van der Waals surface area contributed by atoms with Gasteiger partial charge in [0.1, 0.15) is 12.9 Å². The monoisotopic (exact) mass is 376 g/mol. The lowest BCUT2D eigenvalue weighted by molar-refractivity contribution is 0.434. The molecule has 9 heteroatoms. The van der Waals surface area contributed by atoms with Crippen LogP contribution in [-0.4, -0.2) is 28.9 Å². The highest BCUT2D eigenvalue weighted by Gasteiger charge is 2.13. The van der Waals surface area contributed by atoms with Gasteiger partial charge in [-0.3, -0.25) is 9.36 Å². The fourth-order valence-corrected chi connectivity index (χ4v) is 2.89. The van der Waals surface area contributed by atoms with Gasteiger partial charge < -0.3 is 8.98 Å². The smallest absolute Gasteiger partial charge is 0.390 e. The highest BCUT2D eigenvalue weighted by Crippen LogP contribution is 2.06. The van der Waals surface area contributed by atoms with E-state index < -0.39 is 5.76 Å². The van der Waals surface area contributed by atoms with Gasteiger partial charge in [0.2, 0.25) is 5.89 Å². The van der Waals surface area contributed by atoms with Crippen molar-refractivity contribution in [3.8, 4) is 12.3 Å². The maximum Gasteiger partial charge on any atom is 0.437 e. The number of terminal acetylenes is 1. The van der Waals surface area contributed by atoms with Crippen LogP contribution in [0.15, 0.2) is 50.9 Å². The second-order valence-corrected chi connectivity index (χ2v) is 6.28. The van der Waals surface area contributed by atoms with Crippen LogP contribution >= 0.6 is 0 Å². The Labute approximate surface area is 158 Å². The maximum atomic E-state index is 12.6. The van der Waals surface area contributed by atoms with Crippen LogP contribution < -0.4 is 11.3 Å². The van der Waals surface area contributed by atoms with Crippen molar-refractivity contribution in [2.24, 2.45) is 7.05 Å². The summed E-state index contributed by atoms with van der Waals surface area (Å²) >= 11 is 0. The molecule has 4 aromatic rings. The van der Waals surface area contributed by atoms with Crippen LogP contribution in [-0.2, 0) is 26.6 Å². The summed E-state index contributed by atoms with van der Waals surface area (Å²) < 4.78 is 9.35. The van der Waals surface area contributed by atoms with Crippen molar-refractivity contribution < 1.29 is 4.42 Å². The number of hydrogen-bond donors (Lipinski definition) is 0. The number of nitrogens with zero attached hydrogens (tertiary/aromatic N) is 6. The van der Waals surface area contributed by atoms with Crippen molar-refractivity contribution in [1.82, 2.24) is 28.9 Å². The normalized spacial score (nSPS) is 11.0. The molecule has 0 amide bonds. The predicted octanol–water partition coefficient (Wildman–Crippen LogP) is 0.552. The maximum absolute atomic E-state index is 12.6. The van der Waals surface area contributed by atoms with Crippen molar-refractivity contribution in [1.29, 1.82) is 0 Å². The summed E-state index contributed by atoms with van der Waals surface area (Å²) in [6, 6.07) is 7.52. The minimum Gasteiger partial charge on any atom is -0.390 e. The summed E-state index contributed by atoms with van der Waals surface area (Å²) in [5, 5.41) is 4.18. The molecule has 1 aromatic carbocycles. The van der Waals surface area contributed by atoms with Crippen LogP contribution in [0.2, 0.25) is 0 Å². The molecule has 0 spiro atoms. The Morgan fingerprint density at radius 3 is 2.64 bits per heavy atom. The van der Waals surface area contributed by atoms with E-state index in [0.717, 1.165) is 11.1 Å². The van der Waals surface area contributed by atoms with Crippen LogP contribution in [0.1, 0.15) is 17.0 Å². The summed E-state index contributed by atoms with van der Waals surface area (Å²) in [5.41, 5.74) is 2.29. The van der Waals surface area contributed by atoms with Gasteiger partial charge in [0, 0.05) is 12.6 Å². The van der Waals surface area contributed by atoms with Crippen molar-refractivity contribution in [2.45, 2.75) is 19.5 Å². The first-order chi connectivity index (χ1) is 13.5. The second-order valence-electron chi connectivity index (χ2n) is 6.28. The third-order valence-electron chi connectivity index (χ3n) is 4.39. The minimum atomic E-state index is -0.571. The molecule has 0 aliphatic heterocycles. The number of rotatable bonds is 5. The first-order valence-electron chi connectivity index (χ1n) is 8.54. The van der Waals surface area contributed by atoms with E-state index in [4.69, 9.17) is 10.8 Å². The molecule has 28 heavy (non-hydrogen) atoms. The Bertz CT molecular complexity index is 1300. The molecule has 0 N–H and O–H groups in total. The van der Waals surface area contributed by atoms with Gasteiger partial charge in [-0.05, 0) is 24.1 Å². The van der Waals surface area contributed by atoms with Crippen LogP contribution in [0.25, 0.3) is 11.2 Å². The summed E-state index contributed by atoms with van der Waals surface area (Å²) in [6.45, 7) is 0.359. The molecule has 0 atom stereocenters. The van der Waals surface area contributed by atoms with E-state index in [2.05, 4.69) is 21.0 Å². The fraction of sp³-hybridized carbons (Fsp3) is 0.211. The molecule has 0 fully saturated rings. The highest BCUT2D eigenvalue weighted by atomic mass is 16.4. The molecule has 3 heterocycles. The minimum absolute atomic E-state index is 0.00601. The molecule has 4 rings (SSSR count). The Balaban J connectivity index is 1.52. The Hall–Kier alpha value is -3.93.